The van der Waals surface area contributed by atoms with E-state index >= 15 is 0 Å². The lowest BCUT2D eigenvalue weighted by Crippen LogP contribution is -2.11. The molecule has 0 bridgehead atoms. The molecule has 2 aromatic carbocycles. The van der Waals surface area contributed by atoms with Crippen molar-refractivity contribution >= 4 is 35.0 Å². The molecule has 0 unspecified atom stereocenters. The number of rotatable bonds is 7. The van der Waals surface area contributed by atoms with Gasteiger partial charge in [0, 0.05) is 28.3 Å². The molecule has 128 valence electrons. The summed E-state index contributed by atoms with van der Waals surface area (Å²) in [7, 11) is 0. The Morgan fingerprint density at radius 2 is 1.88 bits per heavy atom. The highest BCUT2D eigenvalue weighted by atomic mass is 35.5. The highest BCUT2D eigenvalue weighted by molar-refractivity contribution is 7.99. The maximum Gasteiger partial charge on any atom is 0.225 e. The Morgan fingerprint density at radius 3 is 2.64 bits per heavy atom. The second-order valence-electron chi connectivity index (χ2n) is 5.51. The van der Waals surface area contributed by atoms with Crippen LogP contribution in [-0.4, -0.2) is 21.4 Å². The van der Waals surface area contributed by atoms with E-state index in [0.717, 1.165) is 15.6 Å². The highest BCUT2D eigenvalue weighted by Gasteiger charge is 2.06. The third-order valence-corrected chi connectivity index (χ3v) is 4.78. The van der Waals surface area contributed by atoms with Crippen LogP contribution in [0.5, 0.6) is 0 Å². The second kappa shape index (κ2) is 8.74. The smallest absolute Gasteiger partial charge is 0.225 e. The number of hydrogen-bond donors (Lipinski definition) is 1. The summed E-state index contributed by atoms with van der Waals surface area (Å²) in [6.45, 7) is 0.684. The summed E-state index contributed by atoms with van der Waals surface area (Å²) in [5.41, 5.74) is 1.89. The van der Waals surface area contributed by atoms with Crippen LogP contribution in [0.15, 0.2) is 71.9 Å². The number of halogens is 1. The largest absolute Gasteiger partial charge is 0.323 e. The Bertz CT molecular complexity index is 818. The fraction of sp³-hybridized carbons (Fsp3) is 0.158. The molecule has 0 saturated carbocycles. The van der Waals surface area contributed by atoms with Gasteiger partial charge in [-0.2, -0.15) is 5.10 Å². The number of carbonyl (C=O) groups is 1. The predicted octanol–water partition coefficient (Wildman–Crippen LogP) is 4.71. The lowest BCUT2D eigenvalue weighted by molar-refractivity contribution is -0.115. The fourth-order valence-corrected chi connectivity index (χ4v) is 3.28. The molecule has 0 radical (unpaired) electrons. The Labute approximate surface area is 156 Å². The van der Waals surface area contributed by atoms with E-state index in [1.807, 2.05) is 65.5 Å². The van der Waals surface area contributed by atoms with Gasteiger partial charge in [0.15, 0.2) is 0 Å². The second-order valence-corrected chi connectivity index (χ2v) is 7.12. The van der Waals surface area contributed by atoms with Crippen molar-refractivity contribution < 1.29 is 4.79 Å². The molecular formula is C19H18ClN3OS. The van der Waals surface area contributed by atoms with Crippen LogP contribution in [0.4, 0.5) is 5.69 Å². The number of amides is 1. The Kier molecular flexibility index (Phi) is 6.14. The molecule has 25 heavy (non-hydrogen) atoms. The third kappa shape index (κ3) is 5.66. The van der Waals surface area contributed by atoms with Crippen LogP contribution in [-0.2, 0) is 11.3 Å². The first-order valence-corrected chi connectivity index (χ1v) is 9.30. The Balaban J connectivity index is 1.44. The van der Waals surface area contributed by atoms with Crippen molar-refractivity contribution in [3.05, 3.63) is 77.6 Å². The van der Waals surface area contributed by atoms with Crippen LogP contribution >= 0.6 is 23.4 Å². The molecule has 0 aliphatic heterocycles. The van der Waals surface area contributed by atoms with Crippen LogP contribution in [0.1, 0.15) is 12.0 Å². The van der Waals surface area contributed by atoms with Crippen LogP contribution in [0, 0.1) is 0 Å². The zero-order valence-corrected chi connectivity index (χ0v) is 15.1. The van der Waals surface area contributed by atoms with Crippen LogP contribution in [0.3, 0.4) is 0 Å². The summed E-state index contributed by atoms with van der Waals surface area (Å²) in [5, 5.41) is 7.89. The van der Waals surface area contributed by atoms with Gasteiger partial charge in [0.05, 0.1) is 18.4 Å². The van der Waals surface area contributed by atoms with Crippen LogP contribution in [0.2, 0.25) is 5.02 Å². The lowest BCUT2D eigenvalue weighted by Gasteiger charge is -2.03. The number of nitrogens with zero attached hydrogens (tertiary/aromatic N) is 2. The molecule has 0 aliphatic carbocycles. The first-order chi connectivity index (χ1) is 12.2. The fourth-order valence-electron chi connectivity index (χ4n) is 2.30. The van der Waals surface area contributed by atoms with Gasteiger partial charge in [0.1, 0.15) is 0 Å². The van der Waals surface area contributed by atoms with Crippen molar-refractivity contribution in [2.24, 2.45) is 0 Å². The summed E-state index contributed by atoms with van der Waals surface area (Å²) in [6.07, 6.45) is 3.96. The van der Waals surface area contributed by atoms with E-state index in [2.05, 4.69) is 10.4 Å². The van der Waals surface area contributed by atoms with E-state index < -0.39 is 0 Å². The predicted molar refractivity (Wildman–Crippen MR) is 103 cm³/mol. The highest BCUT2D eigenvalue weighted by Crippen LogP contribution is 2.21. The molecule has 1 aromatic heterocycles. The summed E-state index contributed by atoms with van der Waals surface area (Å²) < 4.78 is 1.81. The average molecular weight is 372 g/mol. The molecule has 0 saturated heterocycles. The monoisotopic (exact) mass is 371 g/mol. The van der Waals surface area contributed by atoms with Crippen molar-refractivity contribution in [2.45, 2.75) is 17.9 Å². The van der Waals surface area contributed by atoms with Crippen LogP contribution in [0.25, 0.3) is 0 Å². The first kappa shape index (κ1) is 17.6. The molecular weight excluding hydrogens is 354 g/mol. The van der Waals surface area contributed by atoms with Gasteiger partial charge in [-0.05, 0) is 29.8 Å². The van der Waals surface area contributed by atoms with E-state index in [1.54, 1.807) is 18.0 Å². The normalized spacial score (nSPS) is 10.6. The molecule has 0 aliphatic rings. The number of thioether (sulfide) groups is 1. The quantitative estimate of drug-likeness (QED) is 0.612. The van der Waals surface area contributed by atoms with Gasteiger partial charge < -0.3 is 5.32 Å². The minimum atomic E-state index is -0.0132. The summed E-state index contributed by atoms with van der Waals surface area (Å²) >= 11 is 7.49. The molecule has 0 spiro atoms. The molecule has 0 atom stereocenters. The van der Waals surface area contributed by atoms with Gasteiger partial charge in [0.25, 0.3) is 0 Å². The molecule has 3 rings (SSSR count). The van der Waals surface area contributed by atoms with Crippen molar-refractivity contribution in [2.75, 3.05) is 11.1 Å². The average Bonchev–Trinajstić information content (AvgIpc) is 3.04. The van der Waals surface area contributed by atoms with Crippen molar-refractivity contribution in [1.29, 1.82) is 0 Å². The maximum atomic E-state index is 12.0. The van der Waals surface area contributed by atoms with Gasteiger partial charge >= 0.3 is 0 Å². The van der Waals surface area contributed by atoms with E-state index in [0.29, 0.717) is 18.7 Å². The zero-order valence-electron chi connectivity index (χ0n) is 13.6. The van der Waals surface area contributed by atoms with Crippen molar-refractivity contribution in [1.82, 2.24) is 9.78 Å². The van der Waals surface area contributed by atoms with Gasteiger partial charge in [-0.15, -0.1) is 11.8 Å². The SMILES string of the molecule is O=C(CCSc1ccc(Cl)cc1)Nc1cnn(Cc2ccccc2)c1. The van der Waals surface area contributed by atoms with Crippen molar-refractivity contribution in [3.8, 4) is 0 Å². The minimum absolute atomic E-state index is 0.0132. The molecule has 6 heteroatoms. The first-order valence-electron chi connectivity index (χ1n) is 7.94. The van der Waals surface area contributed by atoms with E-state index in [1.165, 1.54) is 5.56 Å². The number of hydrogen-bond acceptors (Lipinski definition) is 3. The molecule has 1 heterocycles. The van der Waals surface area contributed by atoms with E-state index in [-0.39, 0.29) is 5.91 Å². The number of aromatic nitrogens is 2. The van der Waals surface area contributed by atoms with E-state index in [9.17, 15) is 4.79 Å². The maximum absolute atomic E-state index is 12.0. The molecule has 1 N–H and O–H groups in total. The molecule has 4 nitrogen and oxygen atoms in total. The standard InChI is InChI=1S/C19H18ClN3OS/c20-16-6-8-18(9-7-16)25-11-10-19(24)22-17-12-21-23(14-17)13-15-4-2-1-3-5-15/h1-9,12,14H,10-11,13H2,(H,22,24). The van der Waals surface area contributed by atoms with Crippen molar-refractivity contribution in [3.63, 3.8) is 0 Å². The molecule has 1 amide bonds. The van der Waals surface area contributed by atoms with Crippen LogP contribution < -0.4 is 5.32 Å². The van der Waals surface area contributed by atoms with E-state index in [4.69, 9.17) is 11.6 Å². The van der Waals surface area contributed by atoms with Gasteiger partial charge in [-0.3, -0.25) is 9.48 Å². The molecule has 3 aromatic rings. The Hall–Kier alpha value is -2.24. The summed E-state index contributed by atoms with van der Waals surface area (Å²) in [5.74, 6) is 0.701. The topological polar surface area (TPSA) is 46.9 Å². The van der Waals surface area contributed by atoms with Gasteiger partial charge in [0.2, 0.25) is 5.91 Å². The summed E-state index contributed by atoms with van der Waals surface area (Å²) in [4.78, 5) is 13.1. The minimum Gasteiger partial charge on any atom is -0.323 e. The zero-order chi connectivity index (χ0) is 17.5. The van der Waals surface area contributed by atoms with Gasteiger partial charge in [-0.25, -0.2) is 0 Å². The Morgan fingerprint density at radius 1 is 1.12 bits per heavy atom. The lowest BCUT2D eigenvalue weighted by atomic mass is 10.2. The number of carbonyl (C=O) groups excluding carboxylic acids is 1. The number of benzene rings is 2. The third-order valence-electron chi connectivity index (χ3n) is 3.52. The molecule has 0 fully saturated rings. The number of anilines is 1. The summed E-state index contributed by atoms with van der Waals surface area (Å²) in [6, 6.07) is 17.7. The number of nitrogens with one attached hydrogen (secondary N) is 1. The van der Waals surface area contributed by atoms with Gasteiger partial charge in [-0.1, -0.05) is 41.9 Å².